The van der Waals surface area contributed by atoms with Crippen molar-refractivity contribution >= 4 is 5.78 Å². The minimum Gasteiger partial charge on any atom is -0.496 e. The maximum Gasteiger partial charge on any atom is 0.233 e. The molecule has 0 amide bonds. The lowest BCUT2D eigenvalue weighted by Crippen LogP contribution is -2.09. The molecule has 0 unspecified atom stereocenters. The first-order valence-corrected chi connectivity index (χ1v) is 6.02. The number of carbonyl (C=O) groups is 1. The molecule has 1 aromatic carbocycles. The highest BCUT2D eigenvalue weighted by molar-refractivity contribution is 6.08. The van der Waals surface area contributed by atoms with Gasteiger partial charge in [0.15, 0.2) is 0 Å². The van der Waals surface area contributed by atoms with E-state index in [2.05, 4.69) is 9.97 Å². The molecule has 0 fully saturated rings. The number of aromatic nitrogens is 2. The van der Waals surface area contributed by atoms with Crippen LogP contribution in [0, 0.1) is 20.8 Å². The van der Waals surface area contributed by atoms with Gasteiger partial charge in [-0.3, -0.25) is 4.79 Å². The minimum absolute atomic E-state index is 0.187. The van der Waals surface area contributed by atoms with Gasteiger partial charge >= 0.3 is 0 Å². The topological polar surface area (TPSA) is 52.1 Å². The van der Waals surface area contributed by atoms with Crippen LogP contribution >= 0.6 is 0 Å². The van der Waals surface area contributed by atoms with Crippen molar-refractivity contribution in [1.29, 1.82) is 0 Å². The van der Waals surface area contributed by atoms with E-state index in [0.717, 1.165) is 16.7 Å². The van der Waals surface area contributed by atoms with Crippen LogP contribution in [0.25, 0.3) is 0 Å². The predicted molar refractivity (Wildman–Crippen MR) is 72.7 cm³/mol. The molecule has 0 saturated heterocycles. The Morgan fingerprint density at radius 2 is 1.74 bits per heavy atom. The van der Waals surface area contributed by atoms with Gasteiger partial charge in [0.1, 0.15) is 5.75 Å². The zero-order valence-corrected chi connectivity index (χ0v) is 11.5. The van der Waals surface area contributed by atoms with E-state index in [0.29, 0.717) is 11.3 Å². The summed E-state index contributed by atoms with van der Waals surface area (Å²) in [4.78, 5) is 20.5. The van der Waals surface area contributed by atoms with E-state index in [1.165, 1.54) is 0 Å². The quantitative estimate of drug-likeness (QED) is 0.792. The molecule has 0 radical (unpaired) electrons. The number of aryl methyl sites for hydroxylation is 2. The van der Waals surface area contributed by atoms with E-state index in [4.69, 9.17) is 4.74 Å². The highest BCUT2D eigenvalue weighted by atomic mass is 16.5. The zero-order valence-electron chi connectivity index (χ0n) is 11.5. The van der Waals surface area contributed by atoms with Crippen molar-refractivity contribution in [1.82, 2.24) is 9.97 Å². The van der Waals surface area contributed by atoms with Gasteiger partial charge in [-0.05, 0) is 43.5 Å². The Kier molecular flexibility index (Phi) is 3.60. The first-order valence-electron chi connectivity index (χ1n) is 6.02. The Morgan fingerprint density at radius 1 is 1.11 bits per heavy atom. The van der Waals surface area contributed by atoms with E-state index in [1.807, 2.05) is 26.8 Å². The van der Waals surface area contributed by atoms with Crippen molar-refractivity contribution in [3.8, 4) is 5.75 Å². The van der Waals surface area contributed by atoms with Crippen LogP contribution in [0.15, 0.2) is 24.5 Å². The van der Waals surface area contributed by atoms with E-state index < -0.39 is 0 Å². The Morgan fingerprint density at radius 3 is 2.32 bits per heavy atom. The molecular weight excluding hydrogens is 240 g/mol. The standard InChI is InChI=1S/C15H16N2O2/c1-9-7-16-15(17-8-9)13(18)12-6-5-10(2)11(3)14(12)19-4/h5-8H,1-4H3. The summed E-state index contributed by atoms with van der Waals surface area (Å²) in [6, 6.07) is 3.66. The predicted octanol–water partition coefficient (Wildman–Crippen LogP) is 2.64. The van der Waals surface area contributed by atoms with E-state index in [-0.39, 0.29) is 11.6 Å². The second kappa shape index (κ2) is 5.18. The first-order chi connectivity index (χ1) is 9.04. The molecule has 0 saturated carbocycles. The third-order valence-electron chi connectivity index (χ3n) is 3.11. The van der Waals surface area contributed by atoms with Crippen LogP contribution in [0.4, 0.5) is 0 Å². The summed E-state index contributed by atoms with van der Waals surface area (Å²) in [6.07, 6.45) is 3.27. The van der Waals surface area contributed by atoms with E-state index >= 15 is 0 Å². The number of ether oxygens (including phenoxy) is 1. The monoisotopic (exact) mass is 256 g/mol. The molecular formula is C15H16N2O2. The Hall–Kier alpha value is -2.23. The Bertz CT molecular complexity index is 619. The minimum atomic E-state index is -0.222. The molecule has 98 valence electrons. The van der Waals surface area contributed by atoms with Gasteiger partial charge in [-0.2, -0.15) is 0 Å². The summed E-state index contributed by atoms with van der Waals surface area (Å²) in [5, 5.41) is 0. The molecule has 2 aromatic rings. The number of ketones is 1. The number of hydrogen-bond acceptors (Lipinski definition) is 4. The van der Waals surface area contributed by atoms with Crippen molar-refractivity contribution in [2.75, 3.05) is 7.11 Å². The first kappa shape index (κ1) is 13.2. The van der Waals surface area contributed by atoms with E-state index in [1.54, 1.807) is 25.6 Å². The number of benzene rings is 1. The third kappa shape index (κ3) is 2.47. The lowest BCUT2D eigenvalue weighted by molar-refractivity contribution is 0.102. The largest absolute Gasteiger partial charge is 0.496 e. The average molecular weight is 256 g/mol. The number of hydrogen-bond donors (Lipinski definition) is 0. The molecule has 1 aromatic heterocycles. The number of rotatable bonds is 3. The van der Waals surface area contributed by atoms with Crippen LogP contribution in [0.1, 0.15) is 32.9 Å². The lowest BCUT2D eigenvalue weighted by Gasteiger charge is -2.12. The molecule has 0 aliphatic rings. The summed E-state index contributed by atoms with van der Waals surface area (Å²) in [5.41, 5.74) is 3.46. The van der Waals surface area contributed by atoms with Crippen molar-refractivity contribution in [3.63, 3.8) is 0 Å². The molecule has 19 heavy (non-hydrogen) atoms. The maximum atomic E-state index is 12.4. The Balaban J connectivity index is 2.50. The Labute approximate surface area is 112 Å². The second-order valence-corrected chi connectivity index (χ2v) is 4.50. The summed E-state index contributed by atoms with van der Waals surface area (Å²) < 4.78 is 5.35. The number of carbonyl (C=O) groups excluding carboxylic acids is 1. The molecule has 0 aliphatic heterocycles. The summed E-state index contributed by atoms with van der Waals surface area (Å²) in [6.45, 7) is 5.79. The van der Waals surface area contributed by atoms with Crippen LogP contribution in [0.3, 0.4) is 0 Å². The summed E-state index contributed by atoms with van der Waals surface area (Å²) in [5.74, 6) is 0.557. The summed E-state index contributed by atoms with van der Waals surface area (Å²) >= 11 is 0. The molecule has 0 N–H and O–H groups in total. The molecule has 4 nitrogen and oxygen atoms in total. The zero-order chi connectivity index (χ0) is 14.0. The van der Waals surface area contributed by atoms with Gasteiger partial charge in [-0.1, -0.05) is 6.07 Å². The molecule has 0 bridgehead atoms. The smallest absolute Gasteiger partial charge is 0.233 e. The molecule has 1 heterocycles. The fourth-order valence-corrected chi connectivity index (χ4v) is 1.86. The van der Waals surface area contributed by atoms with Crippen LogP contribution in [-0.4, -0.2) is 22.9 Å². The van der Waals surface area contributed by atoms with Crippen LogP contribution in [-0.2, 0) is 0 Å². The third-order valence-corrected chi connectivity index (χ3v) is 3.11. The van der Waals surface area contributed by atoms with Gasteiger partial charge in [0, 0.05) is 12.4 Å². The SMILES string of the molecule is COc1c(C(=O)c2ncc(C)cn2)ccc(C)c1C. The normalized spacial score (nSPS) is 10.3. The van der Waals surface area contributed by atoms with Crippen LogP contribution in [0.2, 0.25) is 0 Å². The number of methoxy groups -OCH3 is 1. The average Bonchev–Trinajstić information content (AvgIpc) is 2.41. The number of nitrogens with zero attached hydrogens (tertiary/aromatic N) is 2. The van der Waals surface area contributed by atoms with Crippen molar-refractivity contribution in [2.45, 2.75) is 20.8 Å². The molecule has 0 atom stereocenters. The van der Waals surface area contributed by atoms with Gasteiger partial charge in [0.2, 0.25) is 11.6 Å². The van der Waals surface area contributed by atoms with Gasteiger partial charge in [-0.25, -0.2) is 9.97 Å². The molecule has 0 aliphatic carbocycles. The van der Waals surface area contributed by atoms with Crippen LogP contribution in [0.5, 0.6) is 5.75 Å². The highest BCUT2D eigenvalue weighted by Crippen LogP contribution is 2.27. The maximum absolute atomic E-state index is 12.4. The van der Waals surface area contributed by atoms with Gasteiger partial charge < -0.3 is 4.74 Å². The summed E-state index contributed by atoms with van der Waals surface area (Å²) in [7, 11) is 1.56. The van der Waals surface area contributed by atoms with Gasteiger partial charge in [0.25, 0.3) is 0 Å². The lowest BCUT2D eigenvalue weighted by atomic mass is 10.0. The highest BCUT2D eigenvalue weighted by Gasteiger charge is 2.19. The van der Waals surface area contributed by atoms with Crippen molar-refractivity contribution < 1.29 is 9.53 Å². The molecule has 4 heteroatoms. The second-order valence-electron chi connectivity index (χ2n) is 4.50. The molecule has 0 spiro atoms. The van der Waals surface area contributed by atoms with Crippen molar-refractivity contribution in [3.05, 3.63) is 52.6 Å². The van der Waals surface area contributed by atoms with Gasteiger partial charge in [-0.15, -0.1) is 0 Å². The van der Waals surface area contributed by atoms with Crippen LogP contribution < -0.4 is 4.74 Å². The molecule has 2 rings (SSSR count). The fourth-order valence-electron chi connectivity index (χ4n) is 1.86. The van der Waals surface area contributed by atoms with Gasteiger partial charge in [0.05, 0.1) is 12.7 Å². The fraction of sp³-hybridized carbons (Fsp3) is 0.267. The van der Waals surface area contributed by atoms with E-state index in [9.17, 15) is 4.79 Å². The van der Waals surface area contributed by atoms with Crippen molar-refractivity contribution in [2.24, 2.45) is 0 Å².